The van der Waals surface area contributed by atoms with Gasteiger partial charge in [-0.05, 0) is 43.2 Å². The Kier molecular flexibility index (Phi) is 8.96. The number of alkyl halides is 3. The number of halogens is 3. The molecule has 0 heterocycles. The molecule has 0 saturated carbocycles. The smallest absolute Gasteiger partial charge is 0.418 e. The van der Waals surface area contributed by atoms with Crippen molar-refractivity contribution in [2.75, 3.05) is 11.9 Å². The van der Waals surface area contributed by atoms with E-state index in [1.165, 1.54) is 30.5 Å². The zero-order valence-corrected chi connectivity index (χ0v) is 17.9. The van der Waals surface area contributed by atoms with Crippen molar-refractivity contribution in [1.82, 2.24) is 10.7 Å². The second-order valence-corrected chi connectivity index (χ2v) is 6.93. The number of anilines is 1. The molecule has 1 atom stereocenters. The molecule has 0 aliphatic carbocycles. The van der Waals surface area contributed by atoms with Gasteiger partial charge in [0.25, 0.3) is 5.91 Å². The van der Waals surface area contributed by atoms with Crippen molar-refractivity contribution < 1.29 is 32.3 Å². The molecule has 0 fully saturated rings. The molecule has 3 amide bonds. The Morgan fingerprint density at radius 3 is 2.52 bits per heavy atom. The summed E-state index contributed by atoms with van der Waals surface area (Å²) in [5.74, 6) is -2.25. The molecule has 2 aromatic rings. The molecule has 2 rings (SSSR count). The number of nitrogens with one attached hydrogen (secondary N) is 3. The van der Waals surface area contributed by atoms with E-state index in [2.05, 4.69) is 21.2 Å². The molecular formula is C22H23F3N4O4. The summed E-state index contributed by atoms with van der Waals surface area (Å²) >= 11 is 0. The van der Waals surface area contributed by atoms with Gasteiger partial charge in [-0.15, -0.1) is 0 Å². The minimum absolute atomic E-state index is 0.153. The first kappa shape index (κ1) is 25.4. The molecule has 11 heteroatoms. The predicted octanol–water partition coefficient (Wildman–Crippen LogP) is 3.09. The fourth-order valence-corrected chi connectivity index (χ4v) is 2.47. The van der Waals surface area contributed by atoms with E-state index in [9.17, 15) is 27.6 Å². The average Bonchev–Trinajstić information content (AvgIpc) is 2.77. The van der Waals surface area contributed by atoms with Crippen molar-refractivity contribution >= 4 is 29.6 Å². The van der Waals surface area contributed by atoms with Gasteiger partial charge in [-0.3, -0.25) is 14.4 Å². The Morgan fingerprint density at radius 1 is 1.09 bits per heavy atom. The van der Waals surface area contributed by atoms with Crippen molar-refractivity contribution in [3.63, 3.8) is 0 Å². The minimum Gasteiger partial charge on any atom is -0.484 e. The lowest BCUT2D eigenvalue weighted by atomic mass is 10.1. The van der Waals surface area contributed by atoms with E-state index in [-0.39, 0.29) is 17.5 Å². The van der Waals surface area contributed by atoms with Crippen LogP contribution in [0.2, 0.25) is 0 Å². The topological polar surface area (TPSA) is 109 Å². The number of carbonyl (C=O) groups excluding carboxylic acids is 3. The molecule has 0 unspecified atom stereocenters. The van der Waals surface area contributed by atoms with Crippen LogP contribution in [-0.2, 0) is 20.6 Å². The number of nitrogens with zero attached hydrogens (tertiary/aromatic N) is 1. The largest absolute Gasteiger partial charge is 0.484 e. The van der Waals surface area contributed by atoms with E-state index in [0.717, 1.165) is 12.1 Å². The molecule has 0 aliphatic heterocycles. The zero-order valence-electron chi connectivity index (χ0n) is 17.9. The molecule has 0 radical (unpaired) electrons. The normalized spacial score (nSPS) is 12.2. The molecular weight excluding hydrogens is 441 g/mol. The van der Waals surface area contributed by atoms with Crippen LogP contribution >= 0.6 is 0 Å². The van der Waals surface area contributed by atoms with Crippen LogP contribution in [0.3, 0.4) is 0 Å². The van der Waals surface area contributed by atoms with Gasteiger partial charge in [0.05, 0.1) is 17.5 Å². The Bertz CT molecular complexity index is 1020. The lowest BCUT2D eigenvalue weighted by Gasteiger charge is -2.13. The highest BCUT2D eigenvalue weighted by atomic mass is 19.4. The highest BCUT2D eigenvalue weighted by Crippen LogP contribution is 2.34. The first-order valence-electron chi connectivity index (χ1n) is 9.93. The molecule has 0 saturated heterocycles. The number of carbonyl (C=O) groups is 3. The first-order chi connectivity index (χ1) is 15.6. The summed E-state index contributed by atoms with van der Waals surface area (Å²) in [4.78, 5) is 35.4. The summed E-state index contributed by atoms with van der Waals surface area (Å²) in [6, 6.07) is 10.7. The van der Waals surface area contributed by atoms with Crippen molar-refractivity contribution in [3.8, 4) is 5.75 Å². The van der Waals surface area contributed by atoms with E-state index in [1.54, 1.807) is 19.1 Å². The SMILES string of the molecule is CC[C@@H](C)NC(=O)C(=O)N/N=C\c1cccc(OCC(=O)Nc2ccccc2C(F)(F)F)c1. The lowest BCUT2D eigenvalue weighted by molar-refractivity contribution is -0.139. The standard InChI is InChI=1S/C22H23F3N4O4/c1-3-14(2)27-20(31)21(32)29-26-12-15-7-6-8-16(11-15)33-13-19(30)28-18-10-5-4-9-17(18)22(23,24)25/h4-12,14H,3,13H2,1-2H3,(H,27,31)(H,28,30)(H,29,32)/b26-12-/t14-/m1/s1. The van der Waals surface area contributed by atoms with Crippen LogP contribution in [-0.4, -0.2) is 36.6 Å². The fourth-order valence-electron chi connectivity index (χ4n) is 2.47. The van der Waals surface area contributed by atoms with Gasteiger partial charge in [0.1, 0.15) is 5.75 Å². The fraction of sp³-hybridized carbons (Fsp3) is 0.273. The number of hydrazone groups is 1. The Morgan fingerprint density at radius 2 is 1.82 bits per heavy atom. The Hall–Kier alpha value is -3.89. The van der Waals surface area contributed by atoms with Gasteiger partial charge in [-0.25, -0.2) is 5.43 Å². The van der Waals surface area contributed by atoms with Crippen molar-refractivity contribution in [2.45, 2.75) is 32.5 Å². The summed E-state index contributed by atoms with van der Waals surface area (Å²) in [6.45, 7) is 3.09. The van der Waals surface area contributed by atoms with Crippen LogP contribution in [0.15, 0.2) is 53.6 Å². The van der Waals surface area contributed by atoms with Gasteiger partial charge in [0.2, 0.25) is 0 Å². The zero-order chi connectivity index (χ0) is 24.4. The third-order valence-electron chi connectivity index (χ3n) is 4.31. The molecule has 176 valence electrons. The van der Waals surface area contributed by atoms with Crippen molar-refractivity contribution in [1.29, 1.82) is 0 Å². The summed E-state index contributed by atoms with van der Waals surface area (Å²) < 4.78 is 44.4. The predicted molar refractivity (Wildman–Crippen MR) is 116 cm³/mol. The molecule has 2 aromatic carbocycles. The highest BCUT2D eigenvalue weighted by Gasteiger charge is 2.33. The number of rotatable bonds is 8. The average molecular weight is 464 g/mol. The van der Waals surface area contributed by atoms with E-state index < -0.39 is 36.1 Å². The maximum absolute atomic E-state index is 13.0. The van der Waals surface area contributed by atoms with Crippen LogP contribution in [0.5, 0.6) is 5.75 Å². The van der Waals surface area contributed by atoms with Crippen molar-refractivity contribution in [3.05, 3.63) is 59.7 Å². The summed E-state index contributed by atoms with van der Waals surface area (Å²) in [6.07, 6.45) is -2.67. The Labute approximate surface area is 188 Å². The van der Waals surface area contributed by atoms with Gasteiger partial charge in [0.15, 0.2) is 6.61 Å². The van der Waals surface area contributed by atoms with Gasteiger partial charge >= 0.3 is 18.0 Å². The lowest BCUT2D eigenvalue weighted by Crippen LogP contribution is -2.41. The van der Waals surface area contributed by atoms with E-state index in [4.69, 9.17) is 4.74 Å². The first-order valence-corrected chi connectivity index (χ1v) is 9.93. The van der Waals surface area contributed by atoms with Crippen LogP contribution < -0.4 is 20.8 Å². The molecule has 33 heavy (non-hydrogen) atoms. The van der Waals surface area contributed by atoms with Gasteiger partial charge in [-0.2, -0.15) is 18.3 Å². The number of para-hydroxylation sites is 1. The molecule has 0 aromatic heterocycles. The summed E-state index contributed by atoms with van der Waals surface area (Å²) in [5, 5.41) is 8.37. The number of benzene rings is 2. The Balaban J connectivity index is 1.90. The molecule has 0 aliphatic rings. The number of hydrogen-bond donors (Lipinski definition) is 3. The maximum Gasteiger partial charge on any atom is 0.418 e. The number of ether oxygens (including phenoxy) is 1. The van der Waals surface area contributed by atoms with E-state index in [0.29, 0.717) is 12.0 Å². The third kappa shape index (κ3) is 8.28. The number of hydrogen-bond acceptors (Lipinski definition) is 5. The van der Waals surface area contributed by atoms with Crippen LogP contribution in [0.25, 0.3) is 0 Å². The quantitative estimate of drug-likeness (QED) is 0.317. The van der Waals surface area contributed by atoms with Crippen LogP contribution in [0.4, 0.5) is 18.9 Å². The highest BCUT2D eigenvalue weighted by molar-refractivity contribution is 6.35. The van der Waals surface area contributed by atoms with Crippen molar-refractivity contribution in [2.24, 2.45) is 5.10 Å². The summed E-state index contributed by atoms with van der Waals surface area (Å²) in [7, 11) is 0. The second-order valence-electron chi connectivity index (χ2n) is 6.93. The third-order valence-corrected chi connectivity index (χ3v) is 4.31. The van der Waals surface area contributed by atoms with Gasteiger partial charge < -0.3 is 15.4 Å². The van der Waals surface area contributed by atoms with Gasteiger partial charge in [-0.1, -0.05) is 31.2 Å². The molecule has 0 spiro atoms. The van der Waals surface area contributed by atoms with Crippen LogP contribution in [0, 0.1) is 0 Å². The monoisotopic (exact) mass is 464 g/mol. The van der Waals surface area contributed by atoms with Crippen LogP contribution in [0.1, 0.15) is 31.4 Å². The van der Waals surface area contributed by atoms with E-state index >= 15 is 0 Å². The number of amides is 3. The molecule has 8 nitrogen and oxygen atoms in total. The molecule has 3 N–H and O–H groups in total. The minimum atomic E-state index is -4.61. The van der Waals surface area contributed by atoms with E-state index in [1.807, 2.05) is 6.92 Å². The summed E-state index contributed by atoms with van der Waals surface area (Å²) in [5.41, 5.74) is 1.25. The second kappa shape index (κ2) is 11.7. The maximum atomic E-state index is 13.0. The van der Waals surface area contributed by atoms with Gasteiger partial charge in [0, 0.05) is 6.04 Å². The molecule has 0 bridgehead atoms.